The van der Waals surface area contributed by atoms with Gasteiger partial charge in [0.25, 0.3) is 0 Å². The Hall–Kier alpha value is -6.20. The van der Waals surface area contributed by atoms with Gasteiger partial charge in [0.1, 0.15) is 0 Å². The number of ketones is 2. The van der Waals surface area contributed by atoms with E-state index in [-0.39, 0.29) is 17.3 Å². The summed E-state index contributed by atoms with van der Waals surface area (Å²) in [5.41, 5.74) is 9.02. The quantitative estimate of drug-likeness (QED) is 0.109. The van der Waals surface area contributed by atoms with Gasteiger partial charge in [-0.3, -0.25) is 14.6 Å². The van der Waals surface area contributed by atoms with Crippen LogP contribution in [0.2, 0.25) is 0 Å². The molecule has 5 heteroatoms. The van der Waals surface area contributed by atoms with Crippen LogP contribution in [0.5, 0.6) is 0 Å². The Labute approximate surface area is 275 Å². The molecule has 0 radical (unpaired) electrons. The molecule has 2 aromatic heterocycles. The Morgan fingerprint density at radius 3 is 1.70 bits per heavy atom. The summed E-state index contributed by atoms with van der Waals surface area (Å²) in [5, 5.41) is 10.5. The SMILES string of the molecule is C=C([O-])c1ccccc1.CC(=O)c1ccccc1.O=C(C[n+]1ccc(C=C2c3ccccc3-c3ncccc32)cc1)c1ccccc1. The number of benzene rings is 4. The second kappa shape index (κ2) is 15.7. The molecule has 7 rings (SSSR count). The average molecular weight is 615 g/mol. The number of fused-ring (bicyclic) bond motifs is 3. The van der Waals surface area contributed by atoms with Crippen molar-refractivity contribution in [2.75, 3.05) is 0 Å². The standard InChI is InChI=1S/C26H19N2O.2C8H8O/c29-25(20-7-2-1-3-8-20)18-28-15-12-19(13-16-28)17-24-21-9-4-5-10-22(21)26-23(24)11-6-14-27-26;2*1-7(9)8-5-3-2-4-6-8/h1-17H,18H2;2-6H,1H3;2-6,9H,1H2/q+1;;/p-1. The van der Waals surface area contributed by atoms with Crippen LogP contribution < -0.4 is 9.67 Å². The lowest BCUT2D eigenvalue weighted by molar-refractivity contribution is -0.683. The third-order valence-corrected chi connectivity index (χ3v) is 7.50. The monoisotopic (exact) mass is 614 g/mol. The lowest BCUT2D eigenvalue weighted by Crippen LogP contribution is -2.37. The molecule has 5 nitrogen and oxygen atoms in total. The molecular weight excluding hydrogens is 580 g/mol. The average Bonchev–Trinajstić information content (AvgIpc) is 3.44. The maximum absolute atomic E-state index is 12.4. The summed E-state index contributed by atoms with van der Waals surface area (Å²) in [7, 11) is 0. The van der Waals surface area contributed by atoms with Crippen LogP contribution in [0.3, 0.4) is 0 Å². The fourth-order valence-electron chi connectivity index (χ4n) is 5.08. The molecule has 6 aromatic rings. The van der Waals surface area contributed by atoms with E-state index in [4.69, 9.17) is 0 Å². The molecule has 1 aliphatic carbocycles. The van der Waals surface area contributed by atoms with E-state index in [0.29, 0.717) is 12.1 Å². The summed E-state index contributed by atoms with van der Waals surface area (Å²) < 4.78 is 1.91. The summed E-state index contributed by atoms with van der Waals surface area (Å²) in [4.78, 5) is 27.6. The van der Waals surface area contributed by atoms with E-state index in [1.54, 1.807) is 19.1 Å². The van der Waals surface area contributed by atoms with Crippen LogP contribution in [0.25, 0.3) is 28.7 Å². The van der Waals surface area contributed by atoms with Crippen molar-refractivity contribution >= 4 is 29.0 Å². The van der Waals surface area contributed by atoms with E-state index < -0.39 is 0 Å². The van der Waals surface area contributed by atoms with E-state index in [2.05, 4.69) is 48.0 Å². The number of Topliss-reactive ketones (excluding diaryl/α,β-unsaturated/α-hetero) is 2. The first-order chi connectivity index (χ1) is 22.9. The van der Waals surface area contributed by atoms with Crippen LogP contribution in [-0.4, -0.2) is 16.6 Å². The molecule has 230 valence electrons. The molecule has 0 saturated carbocycles. The molecule has 0 bridgehead atoms. The van der Waals surface area contributed by atoms with Crippen LogP contribution >= 0.6 is 0 Å². The minimum atomic E-state index is -0.129. The summed E-state index contributed by atoms with van der Waals surface area (Å²) in [6, 6.07) is 44.2. The van der Waals surface area contributed by atoms with Crippen molar-refractivity contribution in [1.82, 2.24) is 4.98 Å². The first-order valence-corrected chi connectivity index (χ1v) is 15.2. The molecule has 0 saturated heterocycles. The van der Waals surface area contributed by atoms with Gasteiger partial charge in [0, 0.05) is 40.6 Å². The first-order valence-electron chi connectivity index (χ1n) is 15.2. The zero-order valence-electron chi connectivity index (χ0n) is 26.1. The number of hydrogen-bond acceptors (Lipinski definition) is 4. The number of rotatable bonds is 6. The molecule has 1 aliphatic rings. The van der Waals surface area contributed by atoms with Crippen molar-refractivity contribution in [2.45, 2.75) is 13.5 Å². The first kappa shape index (κ1) is 32.2. The third kappa shape index (κ3) is 8.50. The second-order valence-electron chi connectivity index (χ2n) is 10.8. The van der Waals surface area contributed by atoms with Gasteiger partial charge in [0.05, 0.1) is 5.69 Å². The third-order valence-electron chi connectivity index (χ3n) is 7.50. The Morgan fingerprint density at radius 2 is 1.17 bits per heavy atom. The smallest absolute Gasteiger partial charge is 0.227 e. The van der Waals surface area contributed by atoms with Gasteiger partial charge in [-0.2, -0.15) is 4.57 Å². The minimum Gasteiger partial charge on any atom is -0.872 e. The summed E-state index contributed by atoms with van der Waals surface area (Å²) in [5.74, 6) is 0.0950. The molecule has 0 spiro atoms. The number of nitrogens with zero attached hydrogens (tertiary/aromatic N) is 2. The highest BCUT2D eigenvalue weighted by molar-refractivity contribution is 6.05. The van der Waals surface area contributed by atoms with Crippen molar-refractivity contribution in [1.29, 1.82) is 0 Å². The number of hydrogen-bond donors (Lipinski definition) is 0. The molecule has 2 heterocycles. The predicted molar refractivity (Wildman–Crippen MR) is 186 cm³/mol. The van der Waals surface area contributed by atoms with Crippen LogP contribution in [0.15, 0.2) is 165 Å². The Bertz CT molecular complexity index is 1900. The van der Waals surface area contributed by atoms with E-state index in [1.807, 2.05) is 120 Å². The molecule has 47 heavy (non-hydrogen) atoms. The fraction of sp³-hybridized carbons (Fsp3) is 0.0476. The van der Waals surface area contributed by atoms with Crippen LogP contribution in [0, 0.1) is 0 Å². The molecule has 0 atom stereocenters. The van der Waals surface area contributed by atoms with Gasteiger partial charge in [0.2, 0.25) is 12.3 Å². The van der Waals surface area contributed by atoms with Gasteiger partial charge in [-0.1, -0.05) is 121 Å². The maximum atomic E-state index is 12.4. The van der Waals surface area contributed by atoms with Gasteiger partial charge in [-0.05, 0) is 41.3 Å². The van der Waals surface area contributed by atoms with Crippen molar-refractivity contribution in [2.24, 2.45) is 0 Å². The maximum Gasteiger partial charge on any atom is 0.227 e. The van der Waals surface area contributed by atoms with Gasteiger partial charge >= 0.3 is 0 Å². The molecule has 4 aromatic carbocycles. The molecule has 0 fully saturated rings. The largest absolute Gasteiger partial charge is 0.872 e. The normalized spacial score (nSPS) is 11.6. The fourth-order valence-corrected chi connectivity index (χ4v) is 5.08. The van der Waals surface area contributed by atoms with E-state index >= 15 is 0 Å². The summed E-state index contributed by atoms with van der Waals surface area (Å²) in [6.45, 7) is 5.16. The summed E-state index contributed by atoms with van der Waals surface area (Å²) >= 11 is 0. The lowest BCUT2D eigenvalue weighted by Gasteiger charge is -2.07. The molecular formula is C42H34N2O3. The Kier molecular flexibility index (Phi) is 10.7. The van der Waals surface area contributed by atoms with Gasteiger partial charge in [0.15, 0.2) is 18.2 Å². The summed E-state index contributed by atoms with van der Waals surface area (Å²) in [6.07, 6.45) is 7.94. The number of carbonyl (C=O) groups excluding carboxylic acids is 2. The van der Waals surface area contributed by atoms with Crippen LogP contribution in [0.4, 0.5) is 0 Å². The second-order valence-corrected chi connectivity index (χ2v) is 10.8. The highest BCUT2D eigenvalue weighted by atomic mass is 16.3. The van der Waals surface area contributed by atoms with E-state index in [9.17, 15) is 14.7 Å². The topological polar surface area (TPSA) is 74.0 Å². The zero-order chi connectivity index (χ0) is 33.0. The van der Waals surface area contributed by atoms with E-state index in [1.165, 1.54) is 16.7 Å². The zero-order valence-corrected chi connectivity index (χ0v) is 26.1. The molecule has 0 aliphatic heterocycles. The van der Waals surface area contributed by atoms with Crippen LogP contribution in [-0.2, 0) is 6.54 Å². The number of aromatic nitrogens is 2. The van der Waals surface area contributed by atoms with Crippen molar-refractivity contribution in [3.05, 3.63) is 198 Å². The number of pyridine rings is 2. The van der Waals surface area contributed by atoms with E-state index in [0.717, 1.165) is 27.9 Å². The Balaban J connectivity index is 0.000000196. The predicted octanol–water partition coefficient (Wildman–Crippen LogP) is 7.73. The highest BCUT2D eigenvalue weighted by Gasteiger charge is 2.23. The highest BCUT2D eigenvalue weighted by Crippen LogP contribution is 2.43. The number of carbonyl (C=O) groups is 2. The molecule has 0 N–H and O–H groups in total. The van der Waals surface area contributed by atoms with Crippen molar-refractivity contribution < 1.29 is 19.3 Å². The lowest BCUT2D eigenvalue weighted by atomic mass is 10.0. The molecule has 0 amide bonds. The molecule has 0 unspecified atom stereocenters. The minimum absolute atomic E-state index is 0.103. The van der Waals surface area contributed by atoms with Gasteiger partial charge < -0.3 is 5.11 Å². The van der Waals surface area contributed by atoms with Crippen molar-refractivity contribution in [3.63, 3.8) is 0 Å². The van der Waals surface area contributed by atoms with Crippen LogP contribution in [0.1, 0.15) is 49.9 Å². The Morgan fingerprint density at radius 1 is 0.660 bits per heavy atom. The van der Waals surface area contributed by atoms with Gasteiger partial charge in [-0.15, -0.1) is 12.3 Å². The van der Waals surface area contributed by atoms with Gasteiger partial charge in [-0.25, -0.2) is 0 Å². The van der Waals surface area contributed by atoms with Crippen molar-refractivity contribution in [3.8, 4) is 11.3 Å².